The molecule has 1 aliphatic rings. The third kappa shape index (κ3) is 2.74. The molecule has 1 atom stereocenters. The summed E-state index contributed by atoms with van der Waals surface area (Å²) in [4.78, 5) is 18.6. The van der Waals surface area contributed by atoms with E-state index < -0.39 is 0 Å². The Labute approximate surface area is 129 Å². The van der Waals surface area contributed by atoms with Crippen molar-refractivity contribution in [2.24, 2.45) is 0 Å². The highest BCUT2D eigenvalue weighted by molar-refractivity contribution is 5.92. The van der Waals surface area contributed by atoms with Gasteiger partial charge in [-0.1, -0.05) is 6.07 Å². The molecule has 0 radical (unpaired) electrons. The monoisotopic (exact) mass is 300 g/mol. The standard InChI is InChI=1S/C16H20N4O2/c1-3-20-10-12-8-19(9-13(11-22-2)15(12)18-20)16(21)14-6-4-5-7-17-14/h4-7,10,13H,3,8-9,11H2,1-2H3/t13-/m1/s1. The fraction of sp³-hybridized carbons (Fsp3) is 0.438. The molecule has 6 nitrogen and oxygen atoms in total. The topological polar surface area (TPSA) is 60.2 Å². The number of ether oxygens (including phenoxy) is 1. The minimum absolute atomic E-state index is 0.0448. The Kier molecular flexibility index (Phi) is 4.20. The van der Waals surface area contributed by atoms with E-state index in [1.807, 2.05) is 27.9 Å². The first-order valence-electron chi connectivity index (χ1n) is 7.48. The fourth-order valence-corrected chi connectivity index (χ4v) is 2.87. The van der Waals surface area contributed by atoms with Crippen molar-refractivity contribution in [3.05, 3.63) is 47.5 Å². The van der Waals surface area contributed by atoms with Crippen LogP contribution in [0, 0.1) is 0 Å². The van der Waals surface area contributed by atoms with E-state index in [4.69, 9.17) is 4.74 Å². The first kappa shape index (κ1) is 14.7. The number of carbonyl (C=O) groups is 1. The first-order chi connectivity index (χ1) is 10.7. The average Bonchev–Trinajstić information content (AvgIpc) is 2.98. The van der Waals surface area contributed by atoms with Crippen molar-refractivity contribution >= 4 is 5.91 Å². The summed E-state index contributed by atoms with van der Waals surface area (Å²) < 4.78 is 7.23. The number of hydrogen-bond acceptors (Lipinski definition) is 4. The van der Waals surface area contributed by atoms with Crippen LogP contribution in [0.15, 0.2) is 30.6 Å². The van der Waals surface area contributed by atoms with Gasteiger partial charge in [0.2, 0.25) is 0 Å². The zero-order chi connectivity index (χ0) is 15.5. The minimum atomic E-state index is -0.0448. The molecular formula is C16H20N4O2. The van der Waals surface area contributed by atoms with Crippen LogP contribution in [0.3, 0.4) is 0 Å². The van der Waals surface area contributed by atoms with Crippen LogP contribution in [-0.2, 0) is 17.8 Å². The second-order valence-corrected chi connectivity index (χ2v) is 5.45. The molecule has 0 spiro atoms. The fourth-order valence-electron chi connectivity index (χ4n) is 2.87. The number of carbonyl (C=O) groups excluding carboxylic acids is 1. The van der Waals surface area contributed by atoms with Crippen LogP contribution >= 0.6 is 0 Å². The van der Waals surface area contributed by atoms with Crippen molar-refractivity contribution in [1.82, 2.24) is 19.7 Å². The van der Waals surface area contributed by atoms with E-state index in [0.29, 0.717) is 25.4 Å². The number of methoxy groups -OCH3 is 1. The molecule has 0 bridgehead atoms. The number of rotatable bonds is 4. The zero-order valence-electron chi connectivity index (χ0n) is 12.9. The summed E-state index contributed by atoms with van der Waals surface area (Å²) in [6.07, 6.45) is 3.67. The van der Waals surface area contributed by atoms with Gasteiger partial charge in [0.1, 0.15) is 5.69 Å². The molecule has 3 rings (SSSR count). The molecule has 0 unspecified atom stereocenters. The van der Waals surface area contributed by atoms with Gasteiger partial charge in [-0.15, -0.1) is 0 Å². The van der Waals surface area contributed by atoms with Crippen LogP contribution in [0.25, 0.3) is 0 Å². The van der Waals surface area contributed by atoms with Gasteiger partial charge in [-0.05, 0) is 19.1 Å². The number of aryl methyl sites for hydroxylation is 1. The van der Waals surface area contributed by atoms with Crippen molar-refractivity contribution in [1.29, 1.82) is 0 Å². The van der Waals surface area contributed by atoms with E-state index in [1.54, 1.807) is 19.4 Å². The molecule has 3 heterocycles. The third-order valence-electron chi connectivity index (χ3n) is 3.92. The number of aromatic nitrogens is 3. The quantitative estimate of drug-likeness (QED) is 0.862. The summed E-state index contributed by atoms with van der Waals surface area (Å²) in [5, 5.41) is 4.62. The Morgan fingerprint density at radius 1 is 1.45 bits per heavy atom. The third-order valence-corrected chi connectivity index (χ3v) is 3.92. The van der Waals surface area contributed by atoms with Gasteiger partial charge in [0, 0.05) is 50.6 Å². The maximum Gasteiger partial charge on any atom is 0.272 e. The van der Waals surface area contributed by atoms with E-state index in [2.05, 4.69) is 17.0 Å². The minimum Gasteiger partial charge on any atom is -0.384 e. The maximum atomic E-state index is 12.6. The summed E-state index contributed by atoms with van der Waals surface area (Å²) in [6, 6.07) is 5.39. The smallest absolute Gasteiger partial charge is 0.272 e. The second kappa shape index (κ2) is 6.27. The maximum absolute atomic E-state index is 12.6. The van der Waals surface area contributed by atoms with Crippen LogP contribution in [0.4, 0.5) is 0 Å². The molecule has 2 aromatic heterocycles. The second-order valence-electron chi connectivity index (χ2n) is 5.45. The Morgan fingerprint density at radius 2 is 2.32 bits per heavy atom. The molecule has 22 heavy (non-hydrogen) atoms. The van der Waals surface area contributed by atoms with Gasteiger partial charge in [0.25, 0.3) is 5.91 Å². The van der Waals surface area contributed by atoms with Crippen molar-refractivity contribution in [3.8, 4) is 0 Å². The predicted molar refractivity (Wildman–Crippen MR) is 81.5 cm³/mol. The molecule has 0 saturated heterocycles. The zero-order valence-corrected chi connectivity index (χ0v) is 12.9. The number of nitrogens with zero attached hydrogens (tertiary/aromatic N) is 4. The van der Waals surface area contributed by atoms with E-state index in [9.17, 15) is 4.79 Å². The van der Waals surface area contributed by atoms with Crippen LogP contribution in [0.1, 0.15) is 34.6 Å². The van der Waals surface area contributed by atoms with Crippen LogP contribution in [0.2, 0.25) is 0 Å². The average molecular weight is 300 g/mol. The number of amides is 1. The lowest BCUT2D eigenvalue weighted by atomic mass is 9.97. The Balaban J connectivity index is 1.88. The Morgan fingerprint density at radius 3 is 3.00 bits per heavy atom. The highest BCUT2D eigenvalue weighted by Gasteiger charge is 2.31. The van der Waals surface area contributed by atoms with Crippen LogP contribution in [0.5, 0.6) is 0 Å². The predicted octanol–water partition coefficient (Wildman–Crippen LogP) is 1.68. The lowest BCUT2D eigenvalue weighted by molar-refractivity contribution is 0.0673. The van der Waals surface area contributed by atoms with E-state index in [1.165, 1.54) is 0 Å². The van der Waals surface area contributed by atoms with Gasteiger partial charge in [0.15, 0.2) is 0 Å². The van der Waals surface area contributed by atoms with Crippen molar-refractivity contribution < 1.29 is 9.53 Å². The summed E-state index contributed by atoms with van der Waals surface area (Å²) >= 11 is 0. The lowest BCUT2D eigenvalue weighted by Crippen LogP contribution is -2.39. The summed E-state index contributed by atoms with van der Waals surface area (Å²) in [6.45, 7) is 4.61. The van der Waals surface area contributed by atoms with Gasteiger partial charge in [-0.2, -0.15) is 5.10 Å². The van der Waals surface area contributed by atoms with Crippen molar-refractivity contribution in [2.75, 3.05) is 20.3 Å². The van der Waals surface area contributed by atoms with E-state index >= 15 is 0 Å². The molecule has 0 aliphatic carbocycles. The lowest BCUT2D eigenvalue weighted by Gasteiger charge is -2.31. The van der Waals surface area contributed by atoms with Gasteiger partial charge < -0.3 is 9.64 Å². The molecular weight excluding hydrogens is 280 g/mol. The molecule has 0 saturated carbocycles. The molecule has 0 aromatic carbocycles. The van der Waals surface area contributed by atoms with E-state index in [-0.39, 0.29) is 11.8 Å². The highest BCUT2D eigenvalue weighted by Crippen LogP contribution is 2.28. The first-order valence-corrected chi connectivity index (χ1v) is 7.48. The van der Waals surface area contributed by atoms with Gasteiger partial charge in [0.05, 0.1) is 12.3 Å². The van der Waals surface area contributed by atoms with Gasteiger partial charge in [-0.3, -0.25) is 14.5 Å². The largest absolute Gasteiger partial charge is 0.384 e. The van der Waals surface area contributed by atoms with Crippen molar-refractivity contribution in [2.45, 2.75) is 25.9 Å². The summed E-state index contributed by atoms with van der Waals surface area (Å²) in [5.41, 5.74) is 2.62. The normalized spacial score (nSPS) is 17.4. The molecule has 6 heteroatoms. The van der Waals surface area contributed by atoms with Gasteiger partial charge >= 0.3 is 0 Å². The SMILES string of the molecule is CCn1cc2c(n1)[C@@H](COC)CN(C(=O)c1ccccn1)C2. The molecule has 0 fully saturated rings. The van der Waals surface area contributed by atoms with Gasteiger partial charge in [-0.25, -0.2) is 0 Å². The van der Waals surface area contributed by atoms with Crippen LogP contribution < -0.4 is 0 Å². The van der Waals surface area contributed by atoms with Crippen LogP contribution in [-0.4, -0.2) is 45.8 Å². The number of hydrogen-bond donors (Lipinski definition) is 0. The molecule has 0 N–H and O–H groups in total. The summed E-state index contributed by atoms with van der Waals surface area (Å²) in [7, 11) is 1.68. The molecule has 1 amide bonds. The van der Waals surface area contributed by atoms with Crippen molar-refractivity contribution in [3.63, 3.8) is 0 Å². The summed E-state index contributed by atoms with van der Waals surface area (Å²) in [5.74, 6) is 0.0609. The number of pyridine rings is 1. The Hall–Kier alpha value is -2.21. The van der Waals surface area contributed by atoms with E-state index in [0.717, 1.165) is 17.8 Å². The Bertz CT molecular complexity index is 653. The molecule has 2 aromatic rings. The molecule has 116 valence electrons. The molecule has 1 aliphatic heterocycles. The number of fused-ring (bicyclic) bond motifs is 1. The highest BCUT2D eigenvalue weighted by atomic mass is 16.5.